The molecule has 0 aromatic heterocycles. The van der Waals surface area contributed by atoms with E-state index in [1.807, 2.05) is 0 Å². The van der Waals surface area contributed by atoms with Crippen LogP contribution in [-0.4, -0.2) is 43.6 Å². The molecule has 0 aliphatic carbocycles. The lowest BCUT2D eigenvalue weighted by Crippen LogP contribution is -2.34. The van der Waals surface area contributed by atoms with Gasteiger partial charge in [-0.2, -0.15) is 0 Å². The lowest BCUT2D eigenvalue weighted by molar-refractivity contribution is 0.138. The number of halogens is 1. The van der Waals surface area contributed by atoms with E-state index in [1.165, 1.54) is 32.2 Å². The molecule has 0 amide bonds. The first-order valence-corrected chi connectivity index (χ1v) is 7.67. The number of nitrogens with zero attached hydrogens (tertiary/aromatic N) is 1. The van der Waals surface area contributed by atoms with Gasteiger partial charge in [0.25, 0.3) is 0 Å². The van der Waals surface area contributed by atoms with Crippen LogP contribution in [-0.2, 0) is 4.74 Å². The number of methoxy groups -OCH3 is 1. The van der Waals surface area contributed by atoms with Crippen molar-refractivity contribution in [3.05, 3.63) is 0 Å². The van der Waals surface area contributed by atoms with E-state index in [0.717, 1.165) is 30.9 Å². The second kappa shape index (κ2) is 11.9. The third-order valence-electron chi connectivity index (χ3n) is 3.07. The topological polar surface area (TPSA) is 12.5 Å². The Hall–Kier alpha value is 0.400. The van der Waals surface area contributed by atoms with Crippen molar-refractivity contribution in [3.63, 3.8) is 0 Å². The number of hydrogen-bond acceptors (Lipinski definition) is 2. The Morgan fingerprint density at radius 3 is 2.50 bits per heavy atom. The molecule has 16 heavy (non-hydrogen) atoms. The SMILES string of the molecule is CCCCC(CC)CN(CCBr)CCOC. The van der Waals surface area contributed by atoms with Crippen LogP contribution in [0.1, 0.15) is 39.5 Å². The van der Waals surface area contributed by atoms with E-state index < -0.39 is 0 Å². The van der Waals surface area contributed by atoms with Gasteiger partial charge in [0.1, 0.15) is 0 Å². The zero-order chi connectivity index (χ0) is 12.2. The molecular formula is C13H28BrNO. The normalized spacial score (nSPS) is 13.3. The maximum absolute atomic E-state index is 5.16. The summed E-state index contributed by atoms with van der Waals surface area (Å²) in [6.45, 7) is 8.84. The highest BCUT2D eigenvalue weighted by atomic mass is 79.9. The van der Waals surface area contributed by atoms with Crippen LogP contribution in [0.3, 0.4) is 0 Å². The van der Waals surface area contributed by atoms with Gasteiger partial charge >= 0.3 is 0 Å². The van der Waals surface area contributed by atoms with Crippen molar-refractivity contribution in [2.75, 3.05) is 38.7 Å². The van der Waals surface area contributed by atoms with Crippen molar-refractivity contribution in [3.8, 4) is 0 Å². The molecule has 2 nitrogen and oxygen atoms in total. The Kier molecular flexibility index (Phi) is 12.2. The zero-order valence-corrected chi connectivity index (χ0v) is 12.8. The van der Waals surface area contributed by atoms with Gasteiger partial charge in [-0.15, -0.1) is 0 Å². The van der Waals surface area contributed by atoms with Crippen LogP contribution in [0.4, 0.5) is 0 Å². The highest BCUT2D eigenvalue weighted by Gasteiger charge is 2.11. The molecule has 0 aliphatic heterocycles. The maximum atomic E-state index is 5.16. The fraction of sp³-hybridized carbons (Fsp3) is 1.00. The molecule has 0 saturated heterocycles. The van der Waals surface area contributed by atoms with Crippen molar-refractivity contribution in [1.82, 2.24) is 4.90 Å². The highest BCUT2D eigenvalue weighted by Crippen LogP contribution is 2.14. The minimum Gasteiger partial charge on any atom is -0.383 e. The van der Waals surface area contributed by atoms with Gasteiger partial charge in [0.05, 0.1) is 6.61 Å². The number of unbranched alkanes of at least 4 members (excludes halogenated alkanes) is 1. The van der Waals surface area contributed by atoms with E-state index >= 15 is 0 Å². The quantitative estimate of drug-likeness (QED) is 0.540. The molecule has 0 spiro atoms. The van der Waals surface area contributed by atoms with Crippen LogP contribution < -0.4 is 0 Å². The summed E-state index contributed by atoms with van der Waals surface area (Å²) in [4.78, 5) is 2.52. The van der Waals surface area contributed by atoms with E-state index in [2.05, 4.69) is 34.7 Å². The molecule has 0 bridgehead atoms. The zero-order valence-electron chi connectivity index (χ0n) is 11.2. The minimum atomic E-state index is 0.844. The van der Waals surface area contributed by atoms with Gasteiger partial charge in [-0.25, -0.2) is 0 Å². The van der Waals surface area contributed by atoms with Gasteiger partial charge in [0.2, 0.25) is 0 Å². The smallest absolute Gasteiger partial charge is 0.0589 e. The summed E-state index contributed by atoms with van der Waals surface area (Å²) in [7, 11) is 1.78. The van der Waals surface area contributed by atoms with Crippen molar-refractivity contribution in [2.45, 2.75) is 39.5 Å². The van der Waals surface area contributed by atoms with Crippen molar-refractivity contribution < 1.29 is 4.74 Å². The first-order chi connectivity index (χ1) is 7.78. The largest absolute Gasteiger partial charge is 0.383 e. The van der Waals surface area contributed by atoms with E-state index in [0.29, 0.717) is 0 Å². The van der Waals surface area contributed by atoms with E-state index in [1.54, 1.807) is 7.11 Å². The highest BCUT2D eigenvalue weighted by molar-refractivity contribution is 9.09. The Balaban J connectivity index is 3.90. The van der Waals surface area contributed by atoms with Gasteiger partial charge in [0, 0.05) is 32.1 Å². The summed E-state index contributed by atoms with van der Waals surface area (Å²) < 4.78 is 5.16. The standard InChI is InChI=1S/C13H28BrNO/c1-4-6-7-13(5-2)12-15(9-8-14)10-11-16-3/h13H,4-12H2,1-3H3. The van der Waals surface area contributed by atoms with Crippen LogP contribution in [0.2, 0.25) is 0 Å². The van der Waals surface area contributed by atoms with Crippen molar-refractivity contribution in [1.29, 1.82) is 0 Å². The molecule has 0 fully saturated rings. The van der Waals surface area contributed by atoms with Gasteiger partial charge in [-0.3, -0.25) is 4.90 Å². The fourth-order valence-electron chi connectivity index (χ4n) is 1.92. The molecule has 0 rings (SSSR count). The predicted molar refractivity (Wildman–Crippen MR) is 75.4 cm³/mol. The Morgan fingerprint density at radius 1 is 1.25 bits per heavy atom. The van der Waals surface area contributed by atoms with Crippen LogP contribution in [0.5, 0.6) is 0 Å². The third kappa shape index (κ3) is 8.54. The van der Waals surface area contributed by atoms with Gasteiger partial charge in [0.15, 0.2) is 0 Å². The molecule has 3 heteroatoms. The Labute approximate surface area is 110 Å². The molecule has 98 valence electrons. The summed E-state index contributed by atoms with van der Waals surface area (Å²) in [6, 6.07) is 0. The van der Waals surface area contributed by atoms with E-state index in [-0.39, 0.29) is 0 Å². The third-order valence-corrected chi connectivity index (χ3v) is 3.43. The second-order valence-corrected chi connectivity index (χ2v) is 5.19. The molecule has 1 atom stereocenters. The maximum Gasteiger partial charge on any atom is 0.0589 e. The summed E-state index contributed by atoms with van der Waals surface area (Å²) in [5.74, 6) is 0.857. The lowest BCUT2D eigenvalue weighted by Gasteiger charge is -2.26. The van der Waals surface area contributed by atoms with Crippen molar-refractivity contribution in [2.24, 2.45) is 5.92 Å². The monoisotopic (exact) mass is 293 g/mol. The summed E-state index contributed by atoms with van der Waals surface area (Å²) in [6.07, 6.45) is 5.35. The molecule has 0 aromatic rings. The average molecular weight is 294 g/mol. The summed E-state index contributed by atoms with van der Waals surface area (Å²) in [5.41, 5.74) is 0. The van der Waals surface area contributed by atoms with Crippen LogP contribution in [0.25, 0.3) is 0 Å². The Bertz CT molecular complexity index is 144. The second-order valence-electron chi connectivity index (χ2n) is 4.40. The van der Waals surface area contributed by atoms with Crippen LogP contribution >= 0.6 is 15.9 Å². The van der Waals surface area contributed by atoms with E-state index in [4.69, 9.17) is 4.74 Å². The van der Waals surface area contributed by atoms with Gasteiger partial charge < -0.3 is 4.74 Å². The van der Waals surface area contributed by atoms with Crippen molar-refractivity contribution >= 4 is 15.9 Å². The number of rotatable bonds is 11. The molecule has 1 unspecified atom stereocenters. The van der Waals surface area contributed by atoms with Gasteiger partial charge in [-0.1, -0.05) is 49.0 Å². The van der Waals surface area contributed by atoms with Crippen LogP contribution in [0, 0.1) is 5.92 Å². The molecule has 0 heterocycles. The molecule has 0 saturated carbocycles. The first-order valence-electron chi connectivity index (χ1n) is 6.55. The summed E-state index contributed by atoms with van der Waals surface area (Å²) in [5, 5.41) is 1.06. The predicted octanol–water partition coefficient (Wildman–Crippen LogP) is 3.55. The molecule has 0 N–H and O–H groups in total. The first kappa shape index (κ1) is 16.4. The molecule has 0 aliphatic rings. The summed E-state index contributed by atoms with van der Waals surface area (Å²) >= 11 is 3.52. The van der Waals surface area contributed by atoms with E-state index in [9.17, 15) is 0 Å². The molecule has 0 radical (unpaired) electrons. The fourth-order valence-corrected chi connectivity index (χ4v) is 2.42. The average Bonchev–Trinajstić information content (AvgIpc) is 2.31. The number of hydrogen-bond donors (Lipinski definition) is 0. The Morgan fingerprint density at radius 2 is 2.00 bits per heavy atom. The lowest BCUT2D eigenvalue weighted by atomic mass is 9.99. The number of alkyl halides is 1. The van der Waals surface area contributed by atoms with Crippen LogP contribution in [0.15, 0.2) is 0 Å². The molecule has 0 aromatic carbocycles. The van der Waals surface area contributed by atoms with Gasteiger partial charge in [-0.05, 0) is 12.3 Å². The molecular weight excluding hydrogens is 266 g/mol. The minimum absolute atomic E-state index is 0.844. The number of ether oxygens (including phenoxy) is 1.